The number of amides is 1. The van der Waals surface area contributed by atoms with E-state index >= 15 is 0 Å². The molecule has 0 aromatic carbocycles. The lowest BCUT2D eigenvalue weighted by atomic mass is 9.90. The maximum atomic E-state index is 12.9. The van der Waals surface area contributed by atoms with Crippen molar-refractivity contribution in [1.29, 1.82) is 0 Å². The van der Waals surface area contributed by atoms with Gasteiger partial charge in [0.05, 0.1) is 11.8 Å². The van der Waals surface area contributed by atoms with E-state index in [1.165, 1.54) is 0 Å². The van der Waals surface area contributed by atoms with E-state index in [-0.39, 0.29) is 11.9 Å². The smallest absolute Gasteiger partial charge is 0.276 e. The monoisotopic (exact) mass is 317 g/mol. The Morgan fingerprint density at radius 2 is 2.30 bits per heavy atom. The fraction of sp³-hybridized carbons (Fsp3) is 0.562. The first-order valence-corrected chi connectivity index (χ1v) is 7.98. The van der Waals surface area contributed by atoms with Gasteiger partial charge in [0.15, 0.2) is 5.69 Å². The Morgan fingerprint density at radius 3 is 2.96 bits per heavy atom. The molecule has 0 bridgehead atoms. The van der Waals surface area contributed by atoms with Crippen LogP contribution in [0.4, 0.5) is 0 Å². The molecular weight excluding hydrogens is 294 g/mol. The van der Waals surface area contributed by atoms with E-state index in [1.54, 1.807) is 17.8 Å². The van der Waals surface area contributed by atoms with Gasteiger partial charge in [0, 0.05) is 32.4 Å². The quantitative estimate of drug-likeness (QED) is 0.928. The Labute approximate surface area is 135 Å². The number of rotatable bonds is 3. The maximum absolute atomic E-state index is 12.9. The number of oxazole rings is 1. The number of nitrogens with zero attached hydrogens (tertiary/aromatic N) is 4. The second kappa shape index (κ2) is 6.16. The minimum absolute atomic E-state index is 0.0641. The van der Waals surface area contributed by atoms with Gasteiger partial charge < -0.3 is 15.1 Å². The van der Waals surface area contributed by atoms with Gasteiger partial charge >= 0.3 is 0 Å². The lowest BCUT2D eigenvalue weighted by Crippen LogP contribution is -2.51. The molecule has 7 heteroatoms. The number of aryl methyl sites for hydroxylation is 2. The van der Waals surface area contributed by atoms with Crippen LogP contribution >= 0.6 is 0 Å². The number of carbonyl (C=O) groups is 1. The van der Waals surface area contributed by atoms with Gasteiger partial charge in [-0.1, -0.05) is 6.92 Å². The van der Waals surface area contributed by atoms with E-state index in [2.05, 4.69) is 17.0 Å². The summed E-state index contributed by atoms with van der Waals surface area (Å²) in [5, 5.41) is 4.11. The predicted molar refractivity (Wildman–Crippen MR) is 85.7 cm³/mol. The van der Waals surface area contributed by atoms with Crippen molar-refractivity contribution >= 4 is 5.91 Å². The van der Waals surface area contributed by atoms with Crippen LogP contribution < -0.4 is 5.73 Å². The molecule has 2 aromatic heterocycles. The first-order chi connectivity index (χ1) is 11.0. The Morgan fingerprint density at radius 1 is 1.52 bits per heavy atom. The molecule has 1 amide bonds. The van der Waals surface area contributed by atoms with E-state index in [4.69, 9.17) is 10.2 Å². The van der Waals surface area contributed by atoms with Gasteiger partial charge in [0.1, 0.15) is 5.76 Å². The Bertz CT molecular complexity index is 705. The molecule has 3 rings (SSSR count). The van der Waals surface area contributed by atoms with Crippen molar-refractivity contribution in [3.05, 3.63) is 23.8 Å². The lowest BCUT2D eigenvalue weighted by molar-refractivity contribution is 0.0525. The van der Waals surface area contributed by atoms with Crippen LogP contribution in [0, 0.1) is 12.8 Å². The fourth-order valence-electron chi connectivity index (χ4n) is 3.25. The lowest BCUT2D eigenvalue weighted by Gasteiger charge is -2.39. The zero-order chi connectivity index (χ0) is 16.6. The Kier molecular flexibility index (Phi) is 4.21. The molecule has 7 nitrogen and oxygen atoms in total. The van der Waals surface area contributed by atoms with E-state index in [0.29, 0.717) is 29.8 Å². The van der Waals surface area contributed by atoms with Crippen molar-refractivity contribution in [2.75, 3.05) is 13.1 Å². The second-order valence-electron chi connectivity index (χ2n) is 6.25. The molecule has 3 heterocycles. The van der Waals surface area contributed by atoms with E-state index in [1.807, 2.05) is 18.1 Å². The number of likely N-dealkylation sites (tertiary alicyclic amines) is 1. The molecular formula is C16H23N5O2. The summed E-state index contributed by atoms with van der Waals surface area (Å²) in [4.78, 5) is 19.2. The minimum Gasteiger partial charge on any atom is -0.440 e. The Balaban J connectivity index is 1.89. The van der Waals surface area contributed by atoms with Gasteiger partial charge in [0.2, 0.25) is 5.89 Å². The summed E-state index contributed by atoms with van der Waals surface area (Å²) in [5.74, 6) is 1.27. The Hall–Kier alpha value is -2.15. The molecule has 2 N–H and O–H groups in total. The first kappa shape index (κ1) is 15.7. The summed E-state index contributed by atoms with van der Waals surface area (Å²) >= 11 is 0. The molecule has 0 saturated carbocycles. The van der Waals surface area contributed by atoms with Crippen LogP contribution in [0.1, 0.15) is 36.0 Å². The molecule has 2 aromatic rings. The SMILES string of the molecule is Cc1oc(-c2cnn(C)c2)nc1C(=O)N1CCC[C@H](C)[C@H]1CN. The van der Waals surface area contributed by atoms with E-state index in [0.717, 1.165) is 24.9 Å². The molecule has 0 radical (unpaired) electrons. The second-order valence-corrected chi connectivity index (χ2v) is 6.25. The third-order valence-corrected chi connectivity index (χ3v) is 4.57. The molecule has 1 fully saturated rings. The largest absolute Gasteiger partial charge is 0.440 e. The van der Waals surface area contributed by atoms with Gasteiger partial charge in [-0.15, -0.1) is 0 Å². The minimum atomic E-state index is -0.0941. The highest BCUT2D eigenvalue weighted by molar-refractivity contribution is 5.94. The van der Waals surface area contributed by atoms with E-state index in [9.17, 15) is 4.79 Å². The van der Waals surface area contributed by atoms with Gasteiger partial charge in [-0.3, -0.25) is 9.48 Å². The third kappa shape index (κ3) is 2.88. The van der Waals surface area contributed by atoms with Crippen molar-refractivity contribution in [2.45, 2.75) is 32.7 Å². The van der Waals surface area contributed by atoms with Crippen LogP contribution in [0.3, 0.4) is 0 Å². The zero-order valence-electron chi connectivity index (χ0n) is 13.8. The van der Waals surface area contributed by atoms with Crippen LogP contribution in [0.25, 0.3) is 11.5 Å². The van der Waals surface area contributed by atoms with Crippen LogP contribution in [-0.2, 0) is 7.05 Å². The highest BCUT2D eigenvalue weighted by atomic mass is 16.4. The summed E-state index contributed by atoms with van der Waals surface area (Å²) in [6, 6.07) is 0.0641. The van der Waals surface area contributed by atoms with Crippen LogP contribution in [0.15, 0.2) is 16.8 Å². The third-order valence-electron chi connectivity index (χ3n) is 4.57. The highest BCUT2D eigenvalue weighted by Crippen LogP contribution is 2.27. The molecule has 0 spiro atoms. The average molecular weight is 317 g/mol. The summed E-state index contributed by atoms with van der Waals surface area (Å²) in [6.07, 6.45) is 5.58. The van der Waals surface area contributed by atoms with Gasteiger partial charge in [-0.05, 0) is 25.7 Å². The zero-order valence-corrected chi connectivity index (χ0v) is 13.8. The maximum Gasteiger partial charge on any atom is 0.276 e. The summed E-state index contributed by atoms with van der Waals surface area (Å²) in [5.41, 5.74) is 7.02. The number of nitrogens with two attached hydrogens (primary N) is 1. The van der Waals surface area contributed by atoms with Crippen LogP contribution in [-0.4, -0.2) is 44.7 Å². The topological polar surface area (TPSA) is 90.2 Å². The predicted octanol–water partition coefficient (Wildman–Crippen LogP) is 1.58. The van der Waals surface area contributed by atoms with Crippen molar-refractivity contribution in [1.82, 2.24) is 19.7 Å². The normalized spacial score (nSPS) is 21.7. The van der Waals surface area contributed by atoms with Crippen molar-refractivity contribution < 1.29 is 9.21 Å². The first-order valence-electron chi connectivity index (χ1n) is 7.98. The van der Waals surface area contributed by atoms with Crippen molar-refractivity contribution in [3.8, 4) is 11.5 Å². The number of carbonyl (C=O) groups excluding carboxylic acids is 1. The fourth-order valence-corrected chi connectivity index (χ4v) is 3.25. The summed E-state index contributed by atoms with van der Waals surface area (Å²) in [6.45, 7) is 5.11. The standard InChI is InChI=1S/C16H23N5O2/c1-10-5-4-6-21(13(10)7-17)16(22)14-11(2)23-15(19-14)12-8-18-20(3)9-12/h8-10,13H,4-7,17H2,1-3H3/t10-,13+/m0/s1. The van der Waals surface area contributed by atoms with Gasteiger partial charge in [0.25, 0.3) is 5.91 Å². The average Bonchev–Trinajstić information content (AvgIpc) is 3.12. The molecule has 23 heavy (non-hydrogen) atoms. The summed E-state index contributed by atoms with van der Waals surface area (Å²) < 4.78 is 7.35. The van der Waals surface area contributed by atoms with E-state index < -0.39 is 0 Å². The van der Waals surface area contributed by atoms with Crippen molar-refractivity contribution in [3.63, 3.8) is 0 Å². The molecule has 1 aliphatic heterocycles. The molecule has 124 valence electrons. The molecule has 1 saturated heterocycles. The van der Waals surface area contributed by atoms with Crippen molar-refractivity contribution in [2.24, 2.45) is 18.7 Å². The molecule has 2 atom stereocenters. The number of hydrogen-bond donors (Lipinski definition) is 1. The number of hydrogen-bond acceptors (Lipinski definition) is 5. The van der Waals surface area contributed by atoms with Gasteiger partial charge in [-0.2, -0.15) is 5.10 Å². The number of piperidine rings is 1. The number of aromatic nitrogens is 3. The van der Waals surface area contributed by atoms with Crippen LogP contribution in [0.2, 0.25) is 0 Å². The molecule has 1 aliphatic rings. The molecule has 0 aliphatic carbocycles. The van der Waals surface area contributed by atoms with Crippen LogP contribution in [0.5, 0.6) is 0 Å². The summed E-state index contributed by atoms with van der Waals surface area (Å²) in [7, 11) is 1.83. The van der Waals surface area contributed by atoms with Gasteiger partial charge in [-0.25, -0.2) is 4.98 Å². The molecule has 0 unspecified atom stereocenters. The highest BCUT2D eigenvalue weighted by Gasteiger charge is 2.33.